The Hall–Kier alpha value is -3.12. The molecule has 0 aliphatic carbocycles. The van der Waals surface area contributed by atoms with Gasteiger partial charge in [-0.05, 0) is 65.7 Å². The van der Waals surface area contributed by atoms with Crippen LogP contribution in [0.15, 0.2) is 5.10 Å². The summed E-state index contributed by atoms with van der Waals surface area (Å²) in [5, 5.41) is 17.6. The number of carbonyl (C=O) groups is 3. The Morgan fingerprint density at radius 1 is 1.26 bits per heavy atom. The number of hydrazone groups is 1. The lowest BCUT2D eigenvalue weighted by Crippen LogP contribution is -2.51. The Balaban J connectivity index is 2.64. The second-order valence-electron chi connectivity index (χ2n) is 9.10. The van der Waals surface area contributed by atoms with Crippen LogP contribution in [0.3, 0.4) is 0 Å². The Bertz CT molecular complexity index is 730. The predicted octanol–water partition coefficient (Wildman–Crippen LogP) is 1.34. The molecule has 0 unspecified atom stereocenters. The van der Waals surface area contributed by atoms with Crippen LogP contribution in [0.4, 0.5) is 4.79 Å². The van der Waals surface area contributed by atoms with Gasteiger partial charge in [-0.15, -0.1) is 0 Å². The summed E-state index contributed by atoms with van der Waals surface area (Å²) in [4.78, 5) is 49.1. The highest BCUT2D eigenvalue weighted by Crippen LogP contribution is 2.23. The fourth-order valence-corrected chi connectivity index (χ4v) is 3.57. The van der Waals surface area contributed by atoms with E-state index in [1.54, 1.807) is 32.6 Å². The average molecular weight is 487 g/mol. The number of likely N-dealkylation sites (tertiary alicyclic amines) is 1. The number of guanidine groups is 1. The number of nitrogens with one attached hydrogen (secondary N) is 2. The fraction of sp³-hybridized carbons (Fsp3) is 0.810. The van der Waals surface area contributed by atoms with Crippen molar-refractivity contribution >= 4 is 23.9 Å². The molecule has 0 radical (unpaired) electrons. The molecule has 34 heavy (non-hydrogen) atoms. The third-order valence-corrected chi connectivity index (χ3v) is 5.14. The number of esters is 1. The van der Waals surface area contributed by atoms with E-state index in [4.69, 9.17) is 15.2 Å². The molecule has 0 bridgehead atoms. The lowest BCUT2D eigenvalue weighted by atomic mass is 9.91. The normalized spacial score (nSPS) is 15.9. The first-order valence-corrected chi connectivity index (χ1v) is 11.6. The van der Waals surface area contributed by atoms with Crippen LogP contribution in [0.5, 0.6) is 0 Å². The monoisotopic (exact) mass is 486 g/mol. The second-order valence-corrected chi connectivity index (χ2v) is 9.10. The van der Waals surface area contributed by atoms with Gasteiger partial charge < -0.3 is 30.7 Å². The first kappa shape index (κ1) is 28.9. The summed E-state index contributed by atoms with van der Waals surface area (Å²) in [6.45, 7) is 8.61. The number of alkyl carbamates (subject to hydrolysis) is 1. The lowest BCUT2D eigenvalue weighted by Gasteiger charge is -2.34. The van der Waals surface area contributed by atoms with Crippen LogP contribution in [0, 0.1) is 16.0 Å². The van der Waals surface area contributed by atoms with Crippen molar-refractivity contribution in [2.24, 2.45) is 16.8 Å². The minimum Gasteiger partial charge on any atom is -0.466 e. The molecular formula is C21H38N6O7. The highest BCUT2D eigenvalue weighted by atomic mass is 16.7. The van der Waals surface area contributed by atoms with Gasteiger partial charge >= 0.3 is 12.1 Å². The van der Waals surface area contributed by atoms with Crippen molar-refractivity contribution in [1.82, 2.24) is 15.5 Å². The van der Waals surface area contributed by atoms with E-state index in [0.717, 1.165) is 19.3 Å². The maximum Gasteiger partial charge on any atom is 0.408 e. The van der Waals surface area contributed by atoms with Gasteiger partial charge in [0.05, 0.1) is 6.61 Å². The van der Waals surface area contributed by atoms with Crippen molar-refractivity contribution in [1.29, 1.82) is 0 Å². The summed E-state index contributed by atoms with van der Waals surface area (Å²) in [7, 11) is 0. The number of amides is 2. The average Bonchev–Trinajstić information content (AvgIpc) is 2.72. The standard InChI is InChI=1S/C21H38N6O7/c1-5-33-17(28)9-8-15-10-13-26(14-11-15)18(29)16(24-20(30)34-21(2,3)4)7-6-12-23-19(22)25-27(31)32/h15-16H,5-14H2,1-4H3,(H,24,30)(H3,22,23,25)/t16-/m0/s1. The zero-order valence-corrected chi connectivity index (χ0v) is 20.5. The van der Waals surface area contributed by atoms with Gasteiger partial charge in [0.15, 0.2) is 5.03 Å². The van der Waals surface area contributed by atoms with Crippen molar-refractivity contribution in [3.63, 3.8) is 0 Å². The number of hydrogen-bond donors (Lipinski definition) is 3. The van der Waals surface area contributed by atoms with Crippen LogP contribution in [0.2, 0.25) is 0 Å². The van der Waals surface area contributed by atoms with Crippen molar-refractivity contribution < 1.29 is 28.9 Å². The minimum absolute atomic E-state index is 0.208. The number of nitrogens with zero attached hydrogens (tertiary/aromatic N) is 3. The SMILES string of the molecule is CCOC(=O)CCC1CCN(C(=O)[C@H](CCCN/C(N)=N/[N+](=O)[O-])NC(=O)OC(C)(C)C)CC1. The molecule has 0 aromatic carbocycles. The van der Waals surface area contributed by atoms with Crippen molar-refractivity contribution in [2.75, 3.05) is 26.2 Å². The van der Waals surface area contributed by atoms with E-state index >= 15 is 0 Å². The van der Waals surface area contributed by atoms with Gasteiger partial charge in [0.25, 0.3) is 5.96 Å². The van der Waals surface area contributed by atoms with Gasteiger partial charge in [-0.1, -0.05) is 0 Å². The molecule has 0 spiro atoms. The van der Waals surface area contributed by atoms with Gasteiger partial charge in [-0.3, -0.25) is 9.59 Å². The highest BCUT2D eigenvalue weighted by Gasteiger charge is 2.30. The molecular weight excluding hydrogens is 448 g/mol. The number of nitro groups is 1. The summed E-state index contributed by atoms with van der Waals surface area (Å²) >= 11 is 0. The number of rotatable bonds is 11. The second kappa shape index (κ2) is 14.2. The lowest BCUT2D eigenvalue weighted by molar-refractivity contribution is -0.485. The molecule has 1 heterocycles. The van der Waals surface area contributed by atoms with Gasteiger partial charge in [0.1, 0.15) is 16.7 Å². The van der Waals surface area contributed by atoms with Crippen LogP contribution in [0.1, 0.15) is 66.2 Å². The fourth-order valence-electron chi connectivity index (χ4n) is 3.57. The Morgan fingerprint density at radius 3 is 2.47 bits per heavy atom. The molecule has 13 nitrogen and oxygen atoms in total. The molecule has 1 saturated heterocycles. The summed E-state index contributed by atoms with van der Waals surface area (Å²) in [6.07, 6.45) is 2.59. The van der Waals surface area contributed by atoms with Gasteiger partial charge in [0, 0.05) is 26.1 Å². The zero-order chi connectivity index (χ0) is 25.7. The third-order valence-electron chi connectivity index (χ3n) is 5.14. The topological polar surface area (TPSA) is 178 Å². The van der Waals surface area contributed by atoms with E-state index in [2.05, 4.69) is 15.7 Å². The molecule has 1 aliphatic rings. The summed E-state index contributed by atoms with van der Waals surface area (Å²) < 4.78 is 10.3. The van der Waals surface area contributed by atoms with Crippen molar-refractivity contribution in [2.45, 2.75) is 77.9 Å². The number of carbonyl (C=O) groups excluding carboxylic acids is 3. The Morgan fingerprint density at radius 2 is 1.91 bits per heavy atom. The number of hydrogen-bond acceptors (Lipinski definition) is 7. The molecule has 1 rings (SSSR count). The van der Waals surface area contributed by atoms with E-state index in [1.165, 1.54) is 0 Å². The smallest absolute Gasteiger partial charge is 0.408 e. The number of nitrogens with two attached hydrogens (primary N) is 1. The molecule has 0 aromatic rings. The van der Waals surface area contributed by atoms with E-state index in [9.17, 15) is 24.5 Å². The third kappa shape index (κ3) is 12.2. The van der Waals surface area contributed by atoms with E-state index in [-0.39, 0.29) is 30.8 Å². The molecule has 1 aliphatic heterocycles. The van der Waals surface area contributed by atoms with Crippen LogP contribution in [-0.4, -0.2) is 71.7 Å². The first-order chi connectivity index (χ1) is 15.9. The molecule has 1 fully saturated rings. The summed E-state index contributed by atoms with van der Waals surface area (Å²) in [5.74, 6) is -0.432. The van der Waals surface area contributed by atoms with Crippen molar-refractivity contribution in [3.8, 4) is 0 Å². The number of piperidine rings is 1. The molecule has 13 heteroatoms. The van der Waals surface area contributed by atoms with Crippen LogP contribution < -0.4 is 16.4 Å². The quantitative estimate of drug-likeness (QED) is 0.0970. The summed E-state index contributed by atoms with van der Waals surface area (Å²) in [5.41, 5.74) is 4.68. The summed E-state index contributed by atoms with van der Waals surface area (Å²) in [6, 6.07) is -0.818. The highest BCUT2D eigenvalue weighted by molar-refractivity contribution is 5.85. The van der Waals surface area contributed by atoms with Crippen molar-refractivity contribution in [3.05, 3.63) is 10.1 Å². The molecule has 2 amide bonds. The van der Waals surface area contributed by atoms with E-state index in [1.807, 2.05) is 0 Å². The van der Waals surface area contributed by atoms with Gasteiger partial charge in [-0.2, -0.15) is 0 Å². The van der Waals surface area contributed by atoms with E-state index in [0.29, 0.717) is 38.5 Å². The molecule has 1 atom stereocenters. The van der Waals surface area contributed by atoms with Crippen LogP contribution in [-0.2, 0) is 19.1 Å². The zero-order valence-electron chi connectivity index (χ0n) is 20.5. The number of ether oxygens (including phenoxy) is 2. The Labute approximate surface area is 199 Å². The first-order valence-electron chi connectivity index (χ1n) is 11.6. The molecule has 4 N–H and O–H groups in total. The largest absolute Gasteiger partial charge is 0.466 e. The molecule has 0 saturated carbocycles. The minimum atomic E-state index is -0.908. The van der Waals surface area contributed by atoms with Crippen LogP contribution in [0.25, 0.3) is 0 Å². The van der Waals surface area contributed by atoms with Gasteiger partial charge in [-0.25, -0.2) is 14.9 Å². The maximum absolute atomic E-state index is 13.2. The molecule has 194 valence electrons. The maximum atomic E-state index is 13.2. The Kier molecular flexibility index (Phi) is 12.1. The molecule has 0 aromatic heterocycles. The van der Waals surface area contributed by atoms with E-state index < -0.39 is 22.8 Å². The van der Waals surface area contributed by atoms with Crippen LogP contribution >= 0.6 is 0 Å². The van der Waals surface area contributed by atoms with Gasteiger partial charge in [0.2, 0.25) is 5.91 Å². The predicted molar refractivity (Wildman–Crippen MR) is 124 cm³/mol.